The van der Waals surface area contributed by atoms with Gasteiger partial charge in [-0.25, -0.2) is 4.79 Å². The number of benzene rings is 2. The van der Waals surface area contributed by atoms with E-state index in [0.29, 0.717) is 24.3 Å². The topological polar surface area (TPSA) is 67.9 Å². The first kappa shape index (κ1) is 20.1. The molecule has 0 bridgehead atoms. The van der Waals surface area contributed by atoms with Crippen molar-refractivity contribution in [3.05, 3.63) is 102 Å². The second-order valence-electron chi connectivity index (χ2n) is 7.08. The fourth-order valence-corrected chi connectivity index (χ4v) is 3.50. The minimum absolute atomic E-state index is 0.312. The zero-order valence-corrected chi connectivity index (χ0v) is 17.2. The Bertz CT molecular complexity index is 1240. The van der Waals surface area contributed by atoms with Crippen LogP contribution in [0.25, 0.3) is 22.4 Å². The lowest BCUT2D eigenvalue weighted by Crippen LogP contribution is -2.05. The highest BCUT2D eigenvalue weighted by Crippen LogP contribution is 2.28. The maximum absolute atomic E-state index is 12.6. The number of hydrogen-bond donors (Lipinski definition) is 0. The Hall–Kier alpha value is -4.17. The van der Waals surface area contributed by atoms with Gasteiger partial charge in [-0.1, -0.05) is 42.5 Å². The molecule has 152 valence electrons. The molecule has 0 aliphatic heterocycles. The number of nitrogens with zero attached hydrogens (tertiary/aromatic N) is 3. The van der Waals surface area contributed by atoms with Crippen molar-refractivity contribution in [2.75, 3.05) is 6.61 Å². The molecule has 0 N–H and O–H groups in total. The van der Waals surface area contributed by atoms with Crippen molar-refractivity contribution >= 4 is 5.97 Å². The number of esters is 1. The molecule has 31 heavy (non-hydrogen) atoms. The lowest BCUT2D eigenvalue weighted by atomic mass is 10.0. The van der Waals surface area contributed by atoms with Crippen molar-refractivity contribution < 1.29 is 9.53 Å². The summed E-state index contributed by atoms with van der Waals surface area (Å²) in [4.78, 5) is 17.0. The largest absolute Gasteiger partial charge is 0.462 e. The molecule has 0 atom stereocenters. The fraction of sp³-hybridized carbons (Fsp3) is 0.115. The lowest BCUT2D eigenvalue weighted by molar-refractivity contribution is 0.0527. The van der Waals surface area contributed by atoms with Crippen LogP contribution in [0.2, 0.25) is 0 Å². The quantitative estimate of drug-likeness (QED) is 0.406. The minimum Gasteiger partial charge on any atom is -0.462 e. The number of nitriles is 1. The molecule has 2 aromatic carbocycles. The van der Waals surface area contributed by atoms with Gasteiger partial charge in [0.25, 0.3) is 0 Å². The second-order valence-corrected chi connectivity index (χ2v) is 7.08. The van der Waals surface area contributed by atoms with Crippen molar-refractivity contribution in [1.82, 2.24) is 9.55 Å². The van der Waals surface area contributed by atoms with Crippen LogP contribution in [-0.4, -0.2) is 22.1 Å². The van der Waals surface area contributed by atoms with E-state index in [1.165, 1.54) is 0 Å². The fourth-order valence-electron chi connectivity index (χ4n) is 3.50. The van der Waals surface area contributed by atoms with Gasteiger partial charge < -0.3 is 9.30 Å². The van der Waals surface area contributed by atoms with Gasteiger partial charge >= 0.3 is 5.97 Å². The van der Waals surface area contributed by atoms with E-state index >= 15 is 0 Å². The van der Waals surface area contributed by atoms with E-state index in [4.69, 9.17) is 10.00 Å². The Balaban J connectivity index is 1.68. The Morgan fingerprint density at radius 2 is 1.84 bits per heavy atom. The van der Waals surface area contributed by atoms with Crippen molar-refractivity contribution in [3.63, 3.8) is 0 Å². The third-order valence-electron chi connectivity index (χ3n) is 4.95. The molecule has 0 amide bonds. The highest BCUT2D eigenvalue weighted by molar-refractivity contribution is 5.97. The summed E-state index contributed by atoms with van der Waals surface area (Å²) >= 11 is 0. The van der Waals surface area contributed by atoms with E-state index in [1.807, 2.05) is 71.4 Å². The predicted octanol–water partition coefficient (Wildman–Crippen LogP) is 5.31. The van der Waals surface area contributed by atoms with Crippen molar-refractivity contribution in [2.45, 2.75) is 13.5 Å². The Kier molecular flexibility index (Phi) is 5.91. The van der Waals surface area contributed by atoms with Gasteiger partial charge in [0.2, 0.25) is 0 Å². The second kappa shape index (κ2) is 9.10. The summed E-state index contributed by atoms with van der Waals surface area (Å²) in [5.41, 5.74) is 5.75. The number of carbonyl (C=O) groups excluding carboxylic acids is 1. The molecule has 0 spiro atoms. The molecule has 0 saturated heterocycles. The van der Waals surface area contributed by atoms with E-state index in [2.05, 4.69) is 11.1 Å². The summed E-state index contributed by atoms with van der Waals surface area (Å²) in [6, 6.07) is 23.4. The maximum atomic E-state index is 12.6. The normalized spacial score (nSPS) is 10.5. The zero-order chi connectivity index (χ0) is 21.6. The first-order chi connectivity index (χ1) is 15.2. The molecular weight excluding hydrogens is 386 g/mol. The molecule has 0 unspecified atom stereocenters. The first-order valence-electron chi connectivity index (χ1n) is 10.1. The van der Waals surface area contributed by atoms with Gasteiger partial charge in [-0.3, -0.25) is 4.98 Å². The third-order valence-corrected chi connectivity index (χ3v) is 4.95. The summed E-state index contributed by atoms with van der Waals surface area (Å²) in [6.07, 6.45) is 5.52. The average molecular weight is 407 g/mol. The van der Waals surface area contributed by atoms with Crippen LogP contribution in [-0.2, 0) is 11.3 Å². The molecule has 2 aromatic heterocycles. The maximum Gasteiger partial charge on any atom is 0.340 e. The number of carbonyl (C=O) groups is 1. The zero-order valence-electron chi connectivity index (χ0n) is 17.2. The Labute approximate surface area is 181 Å². The van der Waals surface area contributed by atoms with E-state index < -0.39 is 0 Å². The highest BCUT2D eigenvalue weighted by Gasteiger charge is 2.17. The summed E-state index contributed by atoms with van der Waals surface area (Å²) in [6.45, 7) is 2.66. The Morgan fingerprint density at radius 3 is 2.55 bits per heavy atom. The molecule has 4 rings (SSSR count). The van der Waals surface area contributed by atoms with E-state index in [0.717, 1.165) is 27.9 Å². The predicted molar refractivity (Wildman–Crippen MR) is 119 cm³/mol. The van der Waals surface area contributed by atoms with Crippen LogP contribution in [0.1, 0.15) is 28.4 Å². The van der Waals surface area contributed by atoms with Crippen LogP contribution in [0.3, 0.4) is 0 Å². The summed E-state index contributed by atoms with van der Waals surface area (Å²) in [7, 11) is 0. The van der Waals surface area contributed by atoms with Crippen molar-refractivity contribution in [3.8, 4) is 28.5 Å². The van der Waals surface area contributed by atoms with Crippen LogP contribution >= 0.6 is 0 Å². The van der Waals surface area contributed by atoms with Crippen LogP contribution in [0, 0.1) is 11.3 Å². The van der Waals surface area contributed by atoms with Crippen LogP contribution < -0.4 is 0 Å². The van der Waals surface area contributed by atoms with Gasteiger partial charge in [-0.2, -0.15) is 5.26 Å². The van der Waals surface area contributed by atoms with Gasteiger partial charge in [0.05, 0.1) is 29.5 Å². The van der Waals surface area contributed by atoms with Crippen LogP contribution in [0.4, 0.5) is 0 Å². The minimum atomic E-state index is -0.351. The molecule has 0 radical (unpaired) electrons. The molecule has 4 aromatic rings. The molecule has 5 nitrogen and oxygen atoms in total. The number of pyridine rings is 1. The number of aromatic nitrogens is 2. The molecular formula is C26H21N3O2. The van der Waals surface area contributed by atoms with Crippen LogP contribution in [0.15, 0.2) is 85.3 Å². The SMILES string of the molecule is CCOC(=O)c1cn(Cc2cccc(C#N)c2)cc1-c1ccc(-c2ccccn2)cc1. The standard InChI is InChI=1S/C26H21N3O2/c1-2-31-26(30)24-18-29(16-20-7-5-6-19(14-20)15-27)17-23(24)21-9-11-22(12-10-21)25-8-3-4-13-28-25/h3-14,17-18H,2,16H2,1H3. The molecule has 0 aliphatic carbocycles. The van der Waals surface area contributed by atoms with Crippen LogP contribution in [0.5, 0.6) is 0 Å². The molecule has 0 aliphatic rings. The monoisotopic (exact) mass is 407 g/mol. The van der Waals surface area contributed by atoms with E-state index in [-0.39, 0.29) is 5.97 Å². The summed E-state index contributed by atoms with van der Waals surface area (Å²) in [5.74, 6) is -0.351. The van der Waals surface area contributed by atoms with Gasteiger partial charge in [0, 0.05) is 36.3 Å². The van der Waals surface area contributed by atoms with Gasteiger partial charge in [0.1, 0.15) is 0 Å². The van der Waals surface area contributed by atoms with Crippen molar-refractivity contribution in [2.24, 2.45) is 0 Å². The summed E-state index contributed by atoms with van der Waals surface area (Å²) < 4.78 is 7.23. The molecule has 0 fully saturated rings. The highest BCUT2D eigenvalue weighted by atomic mass is 16.5. The molecule has 2 heterocycles. The molecule has 5 heteroatoms. The molecule has 0 saturated carbocycles. The average Bonchev–Trinajstić information content (AvgIpc) is 3.24. The lowest BCUT2D eigenvalue weighted by Gasteiger charge is -2.06. The van der Waals surface area contributed by atoms with Crippen molar-refractivity contribution in [1.29, 1.82) is 5.26 Å². The smallest absolute Gasteiger partial charge is 0.340 e. The third kappa shape index (κ3) is 4.54. The van der Waals surface area contributed by atoms with Gasteiger partial charge in [0.15, 0.2) is 0 Å². The van der Waals surface area contributed by atoms with E-state index in [9.17, 15) is 4.79 Å². The number of ether oxygens (including phenoxy) is 1. The number of rotatable bonds is 6. The Morgan fingerprint density at radius 1 is 1.03 bits per heavy atom. The van der Waals surface area contributed by atoms with Gasteiger partial charge in [-0.15, -0.1) is 0 Å². The van der Waals surface area contributed by atoms with Gasteiger partial charge in [-0.05, 0) is 42.3 Å². The summed E-state index contributed by atoms with van der Waals surface area (Å²) in [5, 5.41) is 9.14. The number of hydrogen-bond acceptors (Lipinski definition) is 4. The van der Waals surface area contributed by atoms with E-state index in [1.54, 1.807) is 25.4 Å². The first-order valence-corrected chi connectivity index (χ1v) is 10.1.